The number of β-amino-alcohol motifs (C(OH)–C–C–N with tert-alkyl or cyclic N) is 1. The van der Waals surface area contributed by atoms with Gasteiger partial charge in [0, 0.05) is 45.0 Å². The van der Waals surface area contributed by atoms with E-state index in [2.05, 4.69) is 60.1 Å². The predicted molar refractivity (Wildman–Crippen MR) is 107 cm³/mol. The molecule has 2 aromatic heterocycles. The number of aromatic nitrogens is 4. The molecule has 4 rings (SSSR count). The summed E-state index contributed by atoms with van der Waals surface area (Å²) in [6.07, 6.45) is 2.76. The van der Waals surface area contributed by atoms with Crippen LogP contribution in [0.15, 0.2) is 48.0 Å². The van der Waals surface area contributed by atoms with Gasteiger partial charge in [0.15, 0.2) is 5.65 Å². The lowest BCUT2D eigenvalue weighted by atomic mass is 10.2. The number of fused-ring (bicyclic) bond motifs is 1. The van der Waals surface area contributed by atoms with Crippen LogP contribution in [0.4, 0.5) is 0 Å². The molecule has 8 heteroatoms. The van der Waals surface area contributed by atoms with Crippen LogP contribution in [0.1, 0.15) is 5.56 Å². The van der Waals surface area contributed by atoms with Gasteiger partial charge in [-0.25, -0.2) is 15.0 Å². The van der Waals surface area contributed by atoms with E-state index in [1.54, 1.807) is 6.33 Å². The summed E-state index contributed by atoms with van der Waals surface area (Å²) in [4.78, 5) is 20.5. The molecule has 0 bridgehead atoms. The standard InChI is InChI=1S/C19H24N6OS/c26-16(12-27-19-17-18(21-13-20-17)22-14-23-19)11-25-8-6-24(7-9-25)10-15-4-2-1-3-5-15/h1-5,13-14,16,26H,6-12H2,(H,20,21,22,23). The van der Waals surface area contributed by atoms with E-state index in [9.17, 15) is 5.11 Å². The van der Waals surface area contributed by atoms with E-state index in [0.29, 0.717) is 12.3 Å². The zero-order valence-corrected chi connectivity index (χ0v) is 16.0. The number of imidazole rings is 1. The number of piperazine rings is 1. The maximum Gasteiger partial charge on any atom is 0.161 e. The molecule has 0 amide bonds. The minimum atomic E-state index is -0.389. The molecule has 1 atom stereocenters. The number of hydrogen-bond donors (Lipinski definition) is 2. The molecule has 1 saturated heterocycles. The molecule has 0 saturated carbocycles. The zero-order chi connectivity index (χ0) is 18.5. The summed E-state index contributed by atoms with van der Waals surface area (Å²) in [5, 5.41) is 11.3. The molecule has 1 fully saturated rings. The number of thioether (sulfide) groups is 1. The molecule has 0 aliphatic carbocycles. The van der Waals surface area contributed by atoms with Gasteiger partial charge in [-0.2, -0.15) is 0 Å². The van der Waals surface area contributed by atoms with Crippen molar-refractivity contribution in [2.45, 2.75) is 17.7 Å². The monoisotopic (exact) mass is 384 g/mol. The maximum absolute atomic E-state index is 10.4. The summed E-state index contributed by atoms with van der Waals surface area (Å²) in [6, 6.07) is 10.6. The molecular formula is C19H24N6OS. The first kappa shape index (κ1) is 18.4. The molecule has 7 nitrogen and oxygen atoms in total. The highest BCUT2D eigenvalue weighted by molar-refractivity contribution is 7.99. The quantitative estimate of drug-likeness (QED) is 0.473. The SMILES string of the molecule is OC(CSc1ncnc2[nH]cnc12)CN1CCN(Cc2ccccc2)CC1. The van der Waals surface area contributed by atoms with Crippen molar-refractivity contribution in [3.8, 4) is 0 Å². The minimum Gasteiger partial charge on any atom is -0.391 e. The summed E-state index contributed by atoms with van der Waals surface area (Å²) >= 11 is 1.53. The third kappa shape index (κ3) is 4.84. The van der Waals surface area contributed by atoms with E-state index in [-0.39, 0.29) is 6.10 Å². The fraction of sp³-hybridized carbons (Fsp3) is 0.421. The van der Waals surface area contributed by atoms with Gasteiger partial charge in [-0.1, -0.05) is 30.3 Å². The summed E-state index contributed by atoms with van der Waals surface area (Å²) in [5.41, 5.74) is 2.86. The Balaban J connectivity index is 1.21. The van der Waals surface area contributed by atoms with Crippen LogP contribution >= 0.6 is 11.8 Å². The lowest BCUT2D eigenvalue weighted by Crippen LogP contribution is -2.48. The van der Waals surface area contributed by atoms with E-state index in [0.717, 1.165) is 48.9 Å². The van der Waals surface area contributed by atoms with Crippen LogP contribution in [0, 0.1) is 0 Å². The molecule has 2 N–H and O–H groups in total. The second-order valence-corrected chi connectivity index (χ2v) is 7.81. The van der Waals surface area contributed by atoms with Crippen molar-refractivity contribution in [1.29, 1.82) is 0 Å². The van der Waals surface area contributed by atoms with Gasteiger partial charge < -0.3 is 10.1 Å². The number of aromatic amines is 1. The third-order valence-electron chi connectivity index (χ3n) is 4.78. The Morgan fingerprint density at radius 1 is 1.04 bits per heavy atom. The first-order valence-corrected chi connectivity index (χ1v) is 10.2. The number of hydrogen-bond acceptors (Lipinski definition) is 7. The largest absolute Gasteiger partial charge is 0.391 e. The number of H-pyrrole nitrogens is 1. The predicted octanol–water partition coefficient (Wildman–Crippen LogP) is 1.62. The van der Waals surface area contributed by atoms with Crippen LogP contribution in [0.2, 0.25) is 0 Å². The van der Waals surface area contributed by atoms with Gasteiger partial charge in [-0.3, -0.25) is 9.80 Å². The number of nitrogens with zero attached hydrogens (tertiary/aromatic N) is 5. The van der Waals surface area contributed by atoms with Gasteiger partial charge in [0.05, 0.1) is 12.4 Å². The van der Waals surface area contributed by atoms with Gasteiger partial charge in [0.25, 0.3) is 0 Å². The number of nitrogens with one attached hydrogen (secondary N) is 1. The number of aliphatic hydroxyl groups excluding tert-OH is 1. The van der Waals surface area contributed by atoms with Crippen molar-refractivity contribution in [2.75, 3.05) is 38.5 Å². The van der Waals surface area contributed by atoms with Gasteiger partial charge >= 0.3 is 0 Å². The first-order chi connectivity index (χ1) is 13.3. The van der Waals surface area contributed by atoms with E-state index in [1.165, 1.54) is 23.7 Å². The molecule has 27 heavy (non-hydrogen) atoms. The highest BCUT2D eigenvalue weighted by Crippen LogP contribution is 2.22. The molecule has 0 spiro atoms. The van der Waals surface area contributed by atoms with Crippen LogP contribution in [0.5, 0.6) is 0 Å². The van der Waals surface area contributed by atoms with Crippen molar-refractivity contribution in [3.05, 3.63) is 48.5 Å². The van der Waals surface area contributed by atoms with Crippen molar-refractivity contribution in [1.82, 2.24) is 29.7 Å². The van der Waals surface area contributed by atoms with Gasteiger partial charge in [-0.05, 0) is 5.56 Å². The fourth-order valence-corrected chi connectivity index (χ4v) is 4.21. The zero-order valence-electron chi connectivity index (χ0n) is 15.2. The van der Waals surface area contributed by atoms with E-state index in [4.69, 9.17) is 0 Å². The van der Waals surface area contributed by atoms with E-state index in [1.807, 2.05) is 0 Å². The smallest absolute Gasteiger partial charge is 0.161 e. The van der Waals surface area contributed by atoms with Crippen molar-refractivity contribution >= 4 is 22.9 Å². The third-order valence-corrected chi connectivity index (χ3v) is 5.90. The van der Waals surface area contributed by atoms with Crippen LogP contribution in [-0.4, -0.2) is 79.4 Å². The first-order valence-electron chi connectivity index (χ1n) is 9.21. The normalized spacial score (nSPS) is 17.4. The van der Waals surface area contributed by atoms with Gasteiger partial charge in [-0.15, -0.1) is 11.8 Å². The molecule has 3 heterocycles. The average Bonchev–Trinajstić information content (AvgIpc) is 3.18. The Morgan fingerprint density at radius 2 is 1.81 bits per heavy atom. The average molecular weight is 385 g/mol. The molecule has 1 aliphatic rings. The lowest BCUT2D eigenvalue weighted by Gasteiger charge is -2.35. The molecule has 142 valence electrons. The van der Waals surface area contributed by atoms with E-state index < -0.39 is 0 Å². The van der Waals surface area contributed by atoms with Crippen LogP contribution in [-0.2, 0) is 6.54 Å². The van der Waals surface area contributed by atoms with Crippen molar-refractivity contribution in [2.24, 2.45) is 0 Å². The molecule has 1 unspecified atom stereocenters. The van der Waals surface area contributed by atoms with Crippen molar-refractivity contribution in [3.63, 3.8) is 0 Å². The van der Waals surface area contributed by atoms with E-state index >= 15 is 0 Å². The molecule has 1 aliphatic heterocycles. The Bertz CT molecular complexity index is 850. The van der Waals surface area contributed by atoms with Gasteiger partial charge in [0.1, 0.15) is 16.9 Å². The lowest BCUT2D eigenvalue weighted by molar-refractivity contribution is 0.0799. The molecular weight excluding hydrogens is 360 g/mol. The van der Waals surface area contributed by atoms with Crippen LogP contribution in [0.3, 0.4) is 0 Å². The molecule has 1 aromatic carbocycles. The summed E-state index contributed by atoms with van der Waals surface area (Å²) in [7, 11) is 0. The number of rotatable bonds is 7. The Kier molecular flexibility index (Phi) is 5.98. The molecule has 0 radical (unpaired) electrons. The highest BCUT2D eigenvalue weighted by Gasteiger charge is 2.20. The summed E-state index contributed by atoms with van der Waals surface area (Å²) in [5.74, 6) is 0.600. The maximum atomic E-state index is 10.4. The second kappa shape index (κ2) is 8.79. The number of benzene rings is 1. The fourth-order valence-electron chi connectivity index (χ4n) is 3.35. The summed E-state index contributed by atoms with van der Waals surface area (Å²) in [6.45, 7) is 5.75. The summed E-state index contributed by atoms with van der Waals surface area (Å²) < 4.78 is 0. The minimum absolute atomic E-state index is 0.389. The highest BCUT2D eigenvalue weighted by atomic mass is 32.2. The topological polar surface area (TPSA) is 81.2 Å². The van der Waals surface area contributed by atoms with Crippen molar-refractivity contribution < 1.29 is 5.11 Å². The molecule has 3 aromatic rings. The Labute approximate surface area is 162 Å². The van der Waals surface area contributed by atoms with Gasteiger partial charge in [0.2, 0.25) is 0 Å². The Hall–Kier alpha value is -2.00. The van der Waals surface area contributed by atoms with Crippen LogP contribution < -0.4 is 0 Å². The number of aliphatic hydroxyl groups is 1. The van der Waals surface area contributed by atoms with Crippen LogP contribution in [0.25, 0.3) is 11.2 Å². The second-order valence-electron chi connectivity index (χ2n) is 6.81. The Morgan fingerprint density at radius 3 is 2.63 bits per heavy atom.